The van der Waals surface area contributed by atoms with Gasteiger partial charge in [0, 0.05) is 19.7 Å². The van der Waals surface area contributed by atoms with Crippen LogP contribution < -0.4 is 0 Å². The van der Waals surface area contributed by atoms with E-state index in [0.29, 0.717) is 0 Å². The predicted molar refractivity (Wildman–Crippen MR) is 100 cm³/mol. The van der Waals surface area contributed by atoms with Crippen molar-refractivity contribution in [3.63, 3.8) is 0 Å². The van der Waals surface area contributed by atoms with E-state index in [-0.39, 0.29) is 0 Å². The Hall–Kier alpha value is -0.900. The van der Waals surface area contributed by atoms with Crippen LogP contribution in [-0.4, -0.2) is 0 Å². The van der Waals surface area contributed by atoms with Crippen molar-refractivity contribution in [2.75, 3.05) is 0 Å². The summed E-state index contributed by atoms with van der Waals surface area (Å²) in [6.07, 6.45) is 6.68. The van der Waals surface area contributed by atoms with Gasteiger partial charge in [0.25, 0.3) is 0 Å². The van der Waals surface area contributed by atoms with Crippen molar-refractivity contribution in [1.29, 1.82) is 0 Å². The standard InChI is InChI=1S/C18H18S3/c1-2-3-4-5-8-12-11-15-17(19-12)18-16(21-15)13-9-6-7-10-14(13)20-18/h6-7,9-11H,2-5,8H2,1H3. The topological polar surface area (TPSA) is 0 Å². The van der Waals surface area contributed by atoms with Crippen LogP contribution in [0.5, 0.6) is 0 Å². The quantitative estimate of drug-likeness (QED) is 0.333. The molecular formula is C18H18S3. The summed E-state index contributed by atoms with van der Waals surface area (Å²) in [6, 6.07) is 11.3. The Morgan fingerprint density at radius 2 is 1.67 bits per heavy atom. The third-order valence-electron chi connectivity index (χ3n) is 3.99. The second-order valence-corrected chi connectivity index (χ2v) is 8.82. The van der Waals surface area contributed by atoms with Crippen LogP contribution in [0.25, 0.3) is 28.9 Å². The lowest BCUT2D eigenvalue weighted by molar-refractivity contribution is 0.670. The van der Waals surface area contributed by atoms with Gasteiger partial charge in [-0.3, -0.25) is 0 Å². The number of rotatable bonds is 5. The lowest BCUT2D eigenvalue weighted by Crippen LogP contribution is -1.80. The lowest BCUT2D eigenvalue weighted by atomic mass is 10.1. The summed E-state index contributed by atoms with van der Waals surface area (Å²) in [5.74, 6) is 0. The summed E-state index contributed by atoms with van der Waals surface area (Å²) in [4.78, 5) is 1.58. The summed E-state index contributed by atoms with van der Waals surface area (Å²) < 4.78 is 7.47. The summed E-state index contributed by atoms with van der Waals surface area (Å²) >= 11 is 5.97. The zero-order valence-electron chi connectivity index (χ0n) is 12.1. The van der Waals surface area contributed by atoms with Crippen LogP contribution in [0.2, 0.25) is 0 Å². The van der Waals surface area contributed by atoms with E-state index in [1.807, 2.05) is 34.0 Å². The molecule has 0 radical (unpaired) electrons. The summed E-state index contributed by atoms with van der Waals surface area (Å²) in [5, 5.41) is 1.44. The predicted octanol–water partition coefficient (Wildman–Crippen LogP) is 7.45. The Morgan fingerprint density at radius 1 is 0.810 bits per heavy atom. The van der Waals surface area contributed by atoms with Gasteiger partial charge in [0.1, 0.15) is 0 Å². The maximum Gasteiger partial charge on any atom is 0.0642 e. The molecule has 0 amide bonds. The Labute approximate surface area is 137 Å². The van der Waals surface area contributed by atoms with Crippen LogP contribution in [0.15, 0.2) is 30.3 Å². The molecule has 0 aliphatic carbocycles. The van der Waals surface area contributed by atoms with Crippen molar-refractivity contribution in [3.8, 4) is 0 Å². The Balaban J connectivity index is 1.71. The molecule has 4 aromatic rings. The van der Waals surface area contributed by atoms with Gasteiger partial charge in [-0.2, -0.15) is 0 Å². The average molecular weight is 331 g/mol. The first-order chi connectivity index (χ1) is 10.4. The van der Waals surface area contributed by atoms with Gasteiger partial charge in [-0.25, -0.2) is 0 Å². The van der Waals surface area contributed by atoms with Crippen LogP contribution in [0.4, 0.5) is 0 Å². The summed E-state index contributed by atoms with van der Waals surface area (Å²) in [5.41, 5.74) is 0. The molecule has 3 heteroatoms. The molecule has 1 aromatic carbocycles. The van der Waals surface area contributed by atoms with Crippen molar-refractivity contribution >= 4 is 62.9 Å². The highest BCUT2D eigenvalue weighted by molar-refractivity contribution is 7.41. The van der Waals surface area contributed by atoms with E-state index in [1.54, 1.807) is 4.88 Å². The van der Waals surface area contributed by atoms with E-state index in [2.05, 4.69) is 37.3 Å². The highest BCUT2D eigenvalue weighted by atomic mass is 32.1. The van der Waals surface area contributed by atoms with Crippen molar-refractivity contribution in [3.05, 3.63) is 35.2 Å². The van der Waals surface area contributed by atoms with E-state index in [0.717, 1.165) is 0 Å². The molecule has 0 aliphatic rings. The molecule has 21 heavy (non-hydrogen) atoms. The fraction of sp³-hybridized carbons (Fsp3) is 0.333. The van der Waals surface area contributed by atoms with Gasteiger partial charge in [-0.15, -0.1) is 34.0 Å². The molecule has 0 spiro atoms. The molecule has 0 saturated carbocycles. The van der Waals surface area contributed by atoms with Crippen molar-refractivity contribution in [1.82, 2.24) is 0 Å². The number of benzene rings is 1. The van der Waals surface area contributed by atoms with Gasteiger partial charge in [0.05, 0.1) is 14.1 Å². The molecular weight excluding hydrogens is 312 g/mol. The first-order valence-electron chi connectivity index (χ1n) is 7.69. The lowest BCUT2D eigenvalue weighted by Gasteiger charge is -1.96. The number of hydrogen-bond acceptors (Lipinski definition) is 3. The Bertz CT molecular complexity index is 891. The minimum absolute atomic E-state index is 1.26. The van der Waals surface area contributed by atoms with E-state index < -0.39 is 0 Å². The minimum atomic E-state index is 1.26. The molecule has 0 saturated heterocycles. The van der Waals surface area contributed by atoms with E-state index in [9.17, 15) is 0 Å². The van der Waals surface area contributed by atoms with Crippen LogP contribution in [0, 0.1) is 0 Å². The summed E-state index contributed by atoms with van der Waals surface area (Å²) in [7, 11) is 0. The molecule has 0 aliphatic heterocycles. The molecule has 108 valence electrons. The molecule has 0 unspecified atom stereocenters. The van der Waals surface area contributed by atoms with Crippen molar-refractivity contribution in [2.45, 2.75) is 39.0 Å². The number of fused-ring (bicyclic) bond motifs is 5. The van der Waals surface area contributed by atoms with Crippen LogP contribution in [-0.2, 0) is 6.42 Å². The maximum absolute atomic E-state index is 2.44. The van der Waals surface area contributed by atoms with Crippen molar-refractivity contribution < 1.29 is 0 Å². The number of aryl methyl sites for hydroxylation is 1. The number of unbranched alkanes of at least 4 members (excludes halogenated alkanes) is 3. The van der Waals surface area contributed by atoms with E-state index in [1.165, 1.54) is 61.0 Å². The fourth-order valence-electron chi connectivity index (χ4n) is 2.89. The molecule has 3 aromatic heterocycles. The van der Waals surface area contributed by atoms with E-state index in [4.69, 9.17) is 0 Å². The normalized spacial score (nSPS) is 12.0. The first kappa shape index (κ1) is 13.7. The van der Waals surface area contributed by atoms with Crippen molar-refractivity contribution in [2.24, 2.45) is 0 Å². The largest absolute Gasteiger partial charge is 0.138 e. The molecule has 0 atom stereocenters. The molecule has 3 heterocycles. The minimum Gasteiger partial charge on any atom is -0.138 e. The summed E-state index contributed by atoms with van der Waals surface area (Å²) in [6.45, 7) is 2.28. The molecule has 0 fully saturated rings. The average Bonchev–Trinajstić information content (AvgIpc) is 3.13. The van der Waals surface area contributed by atoms with Gasteiger partial charge in [0.15, 0.2) is 0 Å². The third-order valence-corrected chi connectivity index (χ3v) is 7.95. The van der Waals surface area contributed by atoms with Crippen LogP contribution in [0.1, 0.15) is 37.5 Å². The second kappa shape index (κ2) is 5.71. The fourth-order valence-corrected chi connectivity index (χ4v) is 7.10. The van der Waals surface area contributed by atoms with E-state index >= 15 is 0 Å². The first-order valence-corrected chi connectivity index (χ1v) is 10.1. The molecule has 0 N–H and O–H groups in total. The highest BCUT2D eigenvalue weighted by Gasteiger charge is 2.14. The van der Waals surface area contributed by atoms with Gasteiger partial charge in [0.2, 0.25) is 0 Å². The van der Waals surface area contributed by atoms with Crippen LogP contribution >= 0.6 is 34.0 Å². The molecule has 0 nitrogen and oxygen atoms in total. The maximum atomic E-state index is 2.44. The monoisotopic (exact) mass is 330 g/mol. The van der Waals surface area contributed by atoms with Gasteiger partial charge in [-0.05, 0) is 25.0 Å². The third kappa shape index (κ3) is 2.41. The molecule has 0 bridgehead atoms. The Morgan fingerprint density at radius 3 is 2.57 bits per heavy atom. The zero-order chi connectivity index (χ0) is 14.2. The SMILES string of the molecule is CCCCCCc1cc2sc3c4ccccc4sc3c2s1. The second-order valence-electron chi connectivity index (χ2n) is 5.58. The van der Waals surface area contributed by atoms with Gasteiger partial charge >= 0.3 is 0 Å². The number of thiophene rings is 3. The van der Waals surface area contributed by atoms with Gasteiger partial charge in [-0.1, -0.05) is 44.4 Å². The zero-order valence-corrected chi connectivity index (χ0v) is 14.6. The number of hydrogen-bond donors (Lipinski definition) is 0. The van der Waals surface area contributed by atoms with Gasteiger partial charge < -0.3 is 0 Å². The highest BCUT2D eigenvalue weighted by Crippen LogP contribution is 2.47. The molecule has 4 rings (SSSR count). The van der Waals surface area contributed by atoms with Crippen LogP contribution in [0.3, 0.4) is 0 Å². The Kier molecular flexibility index (Phi) is 3.74. The smallest absolute Gasteiger partial charge is 0.0642 e.